The SMILES string of the molecule is CC(C(=O)N[C@H](CN1CCCC1)c1ccccc1)c1ccc2[nH]c(=O)[nH]c2c1. The van der Waals surface area contributed by atoms with E-state index in [9.17, 15) is 9.59 Å². The lowest BCUT2D eigenvalue weighted by molar-refractivity contribution is -0.123. The highest BCUT2D eigenvalue weighted by atomic mass is 16.2. The van der Waals surface area contributed by atoms with Crippen LogP contribution in [-0.4, -0.2) is 40.4 Å². The molecule has 6 nitrogen and oxygen atoms in total. The third-order valence-corrected chi connectivity index (χ3v) is 5.59. The number of hydrogen-bond donors (Lipinski definition) is 3. The number of fused-ring (bicyclic) bond motifs is 1. The van der Waals surface area contributed by atoms with Crippen LogP contribution in [-0.2, 0) is 4.79 Å². The molecular weight excluding hydrogens is 352 g/mol. The van der Waals surface area contributed by atoms with Crippen molar-refractivity contribution in [3.05, 3.63) is 70.1 Å². The number of aromatic amines is 2. The Morgan fingerprint density at radius 1 is 1.04 bits per heavy atom. The summed E-state index contributed by atoms with van der Waals surface area (Å²) in [5.74, 6) is -0.321. The number of likely N-dealkylation sites (tertiary alicyclic amines) is 1. The van der Waals surface area contributed by atoms with E-state index in [2.05, 4.69) is 32.3 Å². The van der Waals surface area contributed by atoms with Crippen LogP contribution in [0.2, 0.25) is 0 Å². The van der Waals surface area contributed by atoms with Crippen molar-refractivity contribution in [1.82, 2.24) is 20.2 Å². The molecular formula is C22H26N4O2. The third kappa shape index (κ3) is 4.02. The van der Waals surface area contributed by atoms with Crippen LogP contribution in [0.25, 0.3) is 11.0 Å². The summed E-state index contributed by atoms with van der Waals surface area (Å²) in [5, 5.41) is 3.25. The number of rotatable bonds is 6. The van der Waals surface area contributed by atoms with E-state index in [1.54, 1.807) is 0 Å². The highest BCUT2D eigenvalue weighted by molar-refractivity contribution is 5.85. The zero-order valence-electron chi connectivity index (χ0n) is 16.1. The van der Waals surface area contributed by atoms with Gasteiger partial charge in [-0.25, -0.2) is 4.79 Å². The number of imidazole rings is 1. The van der Waals surface area contributed by atoms with Crippen molar-refractivity contribution in [3.63, 3.8) is 0 Å². The Morgan fingerprint density at radius 3 is 2.50 bits per heavy atom. The molecule has 2 atom stereocenters. The largest absolute Gasteiger partial charge is 0.347 e. The number of carbonyl (C=O) groups is 1. The van der Waals surface area contributed by atoms with Gasteiger partial charge in [-0.3, -0.25) is 4.79 Å². The zero-order chi connectivity index (χ0) is 19.5. The molecule has 28 heavy (non-hydrogen) atoms. The normalized spacial score (nSPS) is 16.9. The molecule has 6 heteroatoms. The van der Waals surface area contributed by atoms with Gasteiger partial charge in [0, 0.05) is 6.54 Å². The lowest BCUT2D eigenvalue weighted by Gasteiger charge is -2.26. The van der Waals surface area contributed by atoms with E-state index >= 15 is 0 Å². The van der Waals surface area contributed by atoms with Crippen molar-refractivity contribution in [2.75, 3.05) is 19.6 Å². The van der Waals surface area contributed by atoms with Crippen molar-refractivity contribution < 1.29 is 4.79 Å². The molecule has 1 fully saturated rings. The maximum Gasteiger partial charge on any atom is 0.323 e. The molecule has 0 radical (unpaired) electrons. The van der Waals surface area contributed by atoms with Crippen molar-refractivity contribution in [1.29, 1.82) is 0 Å². The van der Waals surface area contributed by atoms with Gasteiger partial charge < -0.3 is 20.2 Å². The molecule has 0 spiro atoms. The monoisotopic (exact) mass is 378 g/mol. The molecule has 1 unspecified atom stereocenters. The minimum Gasteiger partial charge on any atom is -0.347 e. The average molecular weight is 378 g/mol. The van der Waals surface area contributed by atoms with E-state index < -0.39 is 0 Å². The number of hydrogen-bond acceptors (Lipinski definition) is 3. The lowest BCUT2D eigenvalue weighted by Crippen LogP contribution is -2.38. The highest BCUT2D eigenvalue weighted by Crippen LogP contribution is 2.22. The van der Waals surface area contributed by atoms with Gasteiger partial charge in [0.25, 0.3) is 0 Å². The second-order valence-corrected chi connectivity index (χ2v) is 7.59. The number of amides is 1. The molecule has 0 bridgehead atoms. The van der Waals surface area contributed by atoms with Crippen LogP contribution in [0.1, 0.15) is 42.9 Å². The molecule has 1 aliphatic rings. The van der Waals surface area contributed by atoms with Crippen LogP contribution in [0.4, 0.5) is 0 Å². The fourth-order valence-electron chi connectivity index (χ4n) is 3.91. The van der Waals surface area contributed by atoms with Crippen molar-refractivity contribution in [2.45, 2.75) is 31.7 Å². The van der Waals surface area contributed by atoms with Crippen LogP contribution < -0.4 is 11.0 Å². The van der Waals surface area contributed by atoms with Gasteiger partial charge in [-0.2, -0.15) is 0 Å². The Labute approximate surface area is 164 Å². The Bertz CT molecular complexity index is 1000. The fraction of sp³-hybridized carbons (Fsp3) is 0.364. The number of H-pyrrole nitrogens is 2. The van der Waals surface area contributed by atoms with Crippen LogP contribution in [0.3, 0.4) is 0 Å². The van der Waals surface area contributed by atoms with Crippen molar-refractivity contribution >= 4 is 16.9 Å². The minimum absolute atomic E-state index is 0.00900. The third-order valence-electron chi connectivity index (χ3n) is 5.59. The summed E-state index contributed by atoms with van der Waals surface area (Å²) >= 11 is 0. The molecule has 2 heterocycles. The van der Waals surface area contributed by atoms with Gasteiger partial charge in [-0.05, 0) is 56.1 Å². The summed E-state index contributed by atoms with van der Waals surface area (Å²) in [4.78, 5) is 32.4. The summed E-state index contributed by atoms with van der Waals surface area (Å²) in [6, 6.07) is 15.7. The lowest BCUT2D eigenvalue weighted by atomic mass is 9.98. The predicted molar refractivity (Wildman–Crippen MR) is 110 cm³/mol. The van der Waals surface area contributed by atoms with Gasteiger partial charge in [-0.1, -0.05) is 36.4 Å². The average Bonchev–Trinajstić information content (AvgIpc) is 3.35. The molecule has 1 amide bonds. The summed E-state index contributed by atoms with van der Waals surface area (Å²) in [6.45, 7) is 4.91. The number of aromatic nitrogens is 2. The number of nitrogens with zero attached hydrogens (tertiary/aromatic N) is 1. The first-order chi connectivity index (χ1) is 13.6. The molecule has 3 N–H and O–H groups in total. The molecule has 1 aromatic heterocycles. The van der Waals surface area contributed by atoms with Crippen molar-refractivity contribution in [2.24, 2.45) is 0 Å². The second kappa shape index (κ2) is 8.02. The number of nitrogens with one attached hydrogen (secondary N) is 3. The molecule has 3 aromatic rings. The molecule has 0 saturated carbocycles. The maximum absolute atomic E-state index is 13.0. The zero-order valence-corrected chi connectivity index (χ0v) is 16.1. The first kappa shape index (κ1) is 18.5. The summed E-state index contributed by atoms with van der Waals surface area (Å²) in [5.41, 5.74) is 3.24. The van der Waals surface area contributed by atoms with E-state index in [1.807, 2.05) is 43.3 Å². The standard InChI is InChI=1S/C22H26N4O2/c1-15(17-9-10-18-19(13-17)25-22(28)24-18)21(27)23-20(14-26-11-5-6-12-26)16-7-3-2-4-8-16/h2-4,7-10,13,15,20H,5-6,11-12,14H2,1H3,(H,23,27)(H2,24,25,28)/t15?,20-/m1/s1. The van der Waals surface area contributed by atoms with E-state index in [4.69, 9.17) is 0 Å². The number of benzene rings is 2. The van der Waals surface area contributed by atoms with Crippen LogP contribution in [0, 0.1) is 0 Å². The Morgan fingerprint density at radius 2 is 1.75 bits per heavy atom. The van der Waals surface area contributed by atoms with Gasteiger partial charge >= 0.3 is 5.69 Å². The van der Waals surface area contributed by atoms with E-state index in [0.29, 0.717) is 0 Å². The first-order valence-corrected chi connectivity index (χ1v) is 9.90. The fourth-order valence-corrected chi connectivity index (χ4v) is 3.91. The summed E-state index contributed by atoms with van der Waals surface area (Å²) in [7, 11) is 0. The Balaban J connectivity index is 1.52. The van der Waals surface area contributed by atoms with Crippen LogP contribution in [0.5, 0.6) is 0 Å². The van der Waals surface area contributed by atoms with Crippen LogP contribution >= 0.6 is 0 Å². The quantitative estimate of drug-likeness (QED) is 0.617. The van der Waals surface area contributed by atoms with Gasteiger partial charge in [0.1, 0.15) is 0 Å². The summed E-state index contributed by atoms with van der Waals surface area (Å²) in [6.07, 6.45) is 2.45. The predicted octanol–water partition coefficient (Wildman–Crippen LogP) is 2.91. The van der Waals surface area contributed by atoms with E-state index in [0.717, 1.165) is 41.8 Å². The van der Waals surface area contributed by atoms with Gasteiger partial charge in [0.2, 0.25) is 5.91 Å². The molecule has 146 valence electrons. The molecule has 4 rings (SSSR count). The van der Waals surface area contributed by atoms with Gasteiger partial charge in [0.15, 0.2) is 0 Å². The highest BCUT2D eigenvalue weighted by Gasteiger charge is 2.23. The van der Waals surface area contributed by atoms with Crippen LogP contribution in [0.15, 0.2) is 53.3 Å². The number of carbonyl (C=O) groups excluding carboxylic acids is 1. The molecule has 2 aromatic carbocycles. The molecule has 1 aliphatic heterocycles. The summed E-state index contributed by atoms with van der Waals surface area (Å²) < 4.78 is 0. The van der Waals surface area contributed by atoms with E-state index in [-0.39, 0.29) is 23.6 Å². The van der Waals surface area contributed by atoms with Crippen molar-refractivity contribution in [3.8, 4) is 0 Å². The molecule has 1 saturated heterocycles. The minimum atomic E-state index is -0.312. The topological polar surface area (TPSA) is 81.0 Å². The molecule has 0 aliphatic carbocycles. The maximum atomic E-state index is 13.0. The Kier molecular flexibility index (Phi) is 5.30. The first-order valence-electron chi connectivity index (χ1n) is 9.90. The Hall–Kier alpha value is -2.86. The van der Waals surface area contributed by atoms with E-state index in [1.165, 1.54) is 12.8 Å². The van der Waals surface area contributed by atoms with Gasteiger partial charge in [-0.15, -0.1) is 0 Å². The van der Waals surface area contributed by atoms with Gasteiger partial charge in [0.05, 0.1) is 23.0 Å². The smallest absolute Gasteiger partial charge is 0.323 e. The second-order valence-electron chi connectivity index (χ2n) is 7.59.